The molecule has 1 aliphatic carbocycles. The molecule has 1 aromatic heterocycles. The molecule has 1 fully saturated rings. The number of nitrogens with zero attached hydrogens (tertiary/aromatic N) is 2. The Bertz CT molecular complexity index is 587. The topological polar surface area (TPSA) is 79.4 Å². The first-order chi connectivity index (χ1) is 9.74. The zero-order valence-electron chi connectivity index (χ0n) is 11.2. The lowest BCUT2D eigenvalue weighted by molar-refractivity contribution is 0.405. The fourth-order valence-electron chi connectivity index (χ4n) is 2.75. The van der Waals surface area contributed by atoms with Crippen molar-refractivity contribution < 1.29 is 14.7 Å². The number of rotatable bonds is 2. The molecule has 2 aromatic rings. The maximum atomic E-state index is 9.82. The van der Waals surface area contributed by atoms with Gasteiger partial charge in [-0.15, -0.1) is 0 Å². The second-order valence-electron chi connectivity index (χ2n) is 5.35. The first-order valence-electron chi connectivity index (χ1n) is 7.10. The van der Waals surface area contributed by atoms with E-state index in [1.807, 2.05) is 0 Å². The van der Waals surface area contributed by atoms with Crippen molar-refractivity contribution in [3.05, 3.63) is 24.0 Å². The third-order valence-electron chi connectivity index (χ3n) is 3.87. The molecule has 0 radical (unpaired) electrons. The van der Waals surface area contributed by atoms with Crippen LogP contribution in [-0.4, -0.2) is 20.4 Å². The average molecular weight is 274 g/mol. The molecule has 0 saturated heterocycles. The highest BCUT2D eigenvalue weighted by molar-refractivity contribution is 5.63. The molecule has 5 nitrogen and oxygen atoms in total. The van der Waals surface area contributed by atoms with Gasteiger partial charge in [0, 0.05) is 12.0 Å². The molecule has 106 valence electrons. The molecule has 0 atom stereocenters. The third-order valence-corrected chi connectivity index (χ3v) is 3.87. The minimum absolute atomic E-state index is 0.00903. The van der Waals surface area contributed by atoms with E-state index in [2.05, 4.69) is 10.1 Å². The molecule has 0 bridgehead atoms. The van der Waals surface area contributed by atoms with Crippen LogP contribution in [-0.2, 0) is 0 Å². The van der Waals surface area contributed by atoms with Gasteiger partial charge >= 0.3 is 0 Å². The van der Waals surface area contributed by atoms with Crippen LogP contribution in [0.1, 0.15) is 50.3 Å². The van der Waals surface area contributed by atoms with Gasteiger partial charge in [-0.1, -0.05) is 30.8 Å². The van der Waals surface area contributed by atoms with Crippen molar-refractivity contribution in [1.29, 1.82) is 0 Å². The maximum Gasteiger partial charge on any atom is 0.261 e. The van der Waals surface area contributed by atoms with Crippen molar-refractivity contribution in [2.45, 2.75) is 44.4 Å². The second kappa shape index (κ2) is 5.53. The predicted molar refractivity (Wildman–Crippen MR) is 73.5 cm³/mol. The Balaban J connectivity index is 1.85. The van der Waals surface area contributed by atoms with E-state index in [1.165, 1.54) is 37.8 Å². The zero-order valence-corrected chi connectivity index (χ0v) is 11.2. The summed E-state index contributed by atoms with van der Waals surface area (Å²) in [4.78, 5) is 4.42. The monoisotopic (exact) mass is 274 g/mol. The van der Waals surface area contributed by atoms with Crippen LogP contribution in [0.4, 0.5) is 0 Å². The fraction of sp³-hybridized carbons (Fsp3) is 0.467. The number of hydrogen-bond donors (Lipinski definition) is 2. The molecule has 1 saturated carbocycles. The number of phenols is 2. The molecule has 3 rings (SSSR count). The summed E-state index contributed by atoms with van der Waals surface area (Å²) in [6.07, 6.45) is 7.17. The quantitative estimate of drug-likeness (QED) is 0.818. The van der Waals surface area contributed by atoms with Crippen LogP contribution in [0.25, 0.3) is 11.5 Å². The van der Waals surface area contributed by atoms with E-state index in [-0.39, 0.29) is 11.5 Å². The molecule has 2 N–H and O–H groups in total. The van der Waals surface area contributed by atoms with Crippen LogP contribution in [0.5, 0.6) is 11.5 Å². The van der Waals surface area contributed by atoms with Crippen molar-refractivity contribution in [2.24, 2.45) is 0 Å². The van der Waals surface area contributed by atoms with Crippen LogP contribution < -0.4 is 0 Å². The number of hydrogen-bond acceptors (Lipinski definition) is 5. The van der Waals surface area contributed by atoms with Crippen molar-refractivity contribution in [1.82, 2.24) is 10.1 Å². The van der Waals surface area contributed by atoms with Crippen molar-refractivity contribution >= 4 is 0 Å². The van der Waals surface area contributed by atoms with Gasteiger partial charge < -0.3 is 14.7 Å². The number of phenolic OH excluding ortho intramolecular Hbond substituents is 2. The van der Waals surface area contributed by atoms with Gasteiger partial charge in [0.05, 0.1) is 5.56 Å². The minimum Gasteiger partial charge on any atom is -0.508 e. The summed E-state index contributed by atoms with van der Waals surface area (Å²) in [6.45, 7) is 0. The summed E-state index contributed by atoms with van der Waals surface area (Å²) >= 11 is 0. The average Bonchev–Trinajstić information content (AvgIpc) is 2.74. The van der Waals surface area contributed by atoms with E-state index >= 15 is 0 Å². The standard InChI is InChI=1S/C15H18N2O3/c18-11-7-8-12(13(19)9-11)15-16-14(17-20-15)10-5-3-1-2-4-6-10/h7-10,18-19H,1-6H2. The van der Waals surface area contributed by atoms with Crippen molar-refractivity contribution in [3.63, 3.8) is 0 Å². The maximum absolute atomic E-state index is 9.82. The number of aromatic nitrogens is 2. The number of benzene rings is 1. The molecule has 5 heteroatoms. The Kier molecular flexibility index (Phi) is 3.58. The Morgan fingerprint density at radius 2 is 1.80 bits per heavy atom. The molecule has 1 aliphatic rings. The molecular formula is C15H18N2O3. The van der Waals surface area contributed by atoms with E-state index < -0.39 is 0 Å². The summed E-state index contributed by atoms with van der Waals surface area (Å²) in [6, 6.07) is 4.34. The van der Waals surface area contributed by atoms with Crippen LogP contribution in [0, 0.1) is 0 Å². The lowest BCUT2D eigenvalue weighted by atomic mass is 10.00. The molecular weight excluding hydrogens is 256 g/mol. The van der Waals surface area contributed by atoms with Crippen molar-refractivity contribution in [3.8, 4) is 23.0 Å². The lowest BCUT2D eigenvalue weighted by Gasteiger charge is -2.07. The van der Waals surface area contributed by atoms with Crippen molar-refractivity contribution in [2.75, 3.05) is 0 Å². The van der Waals surface area contributed by atoms with Gasteiger partial charge in [0.2, 0.25) is 0 Å². The molecule has 1 heterocycles. The highest BCUT2D eigenvalue weighted by Crippen LogP contribution is 2.34. The van der Waals surface area contributed by atoms with E-state index in [0.29, 0.717) is 17.4 Å². The van der Waals surface area contributed by atoms with Gasteiger partial charge in [0.25, 0.3) is 5.89 Å². The van der Waals surface area contributed by atoms with Crippen LogP contribution >= 0.6 is 0 Å². The first-order valence-corrected chi connectivity index (χ1v) is 7.10. The van der Waals surface area contributed by atoms with E-state index in [0.717, 1.165) is 18.7 Å². The molecule has 0 amide bonds. The summed E-state index contributed by atoms with van der Waals surface area (Å²) in [7, 11) is 0. The van der Waals surface area contributed by atoms with Gasteiger partial charge in [-0.25, -0.2) is 0 Å². The normalized spacial score (nSPS) is 17.0. The zero-order chi connectivity index (χ0) is 13.9. The Morgan fingerprint density at radius 3 is 2.50 bits per heavy atom. The number of aromatic hydroxyl groups is 2. The van der Waals surface area contributed by atoms with Gasteiger partial charge in [0.1, 0.15) is 11.5 Å². The summed E-state index contributed by atoms with van der Waals surface area (Å²) in [5.74, 6) is 1.35. The fourth-order valence-corrected chi connectivity index (χ4v) is 2.75. The van der Waals surface area contributed by atoms with Crippen LogP contribution in [0.2, 0.25) is 0 Å². The highest BCUT2D eigenvalue weighted by atomic mass is 16.5. The summed E-state index contributed by atoms with van der Waals surface area (Å²) in [5, 5.41) is 23.2. The van der Waals surface area contributed by atoms with Gasteiger partial charge in [0.15, 0.2) is 5.82 Å². The predicted octanol–water partition coefficient (Wildman–Crippen LogP) is 3.59. The second-order valence-corrected chi connectivity index (χ2v) is 5.35. The summed E-state index contributed by atoms with van der Waals surface area (Å²) in [5.41, 5.74) is 0.454. The van der Waals surface area contributed by atoms with Gasteiger partial charge in [-0.2, -0.15) is 4.98 Å². The Hall–Kier alpha value is -2.04. The Labute approximate surface area is 117 Å². The first kappa shape index (κ1) is 13.0. The lowest BCUT2D eigenvalue weighted by Crippen LogP contribution is -1.99. The molecule has 0 unspecified atom stereocenters. The van der Waals surface area contributed by atoms with Gasteiger partial charge in [-0.05, 0) is 25.0 Å². The third kappa shape index (κ3) is 2.61. The van der Waals surface area contributed by atoms with E-state index in [1.54, 1.807) is 6.07 Å². The Morgan fingerprint density at radius 1 is 1.05 bits per heavy atom. The largest absolute Gasteiger partial charge is 0.508 e. The molecule has 0 spiro atoms. The minimum atomic E-state index is -0.0546. The summed E-state index contributed by atoms with van der Waals surface area (Å²) < 4.78 is 5.26. The van der Waals surface area contributed by atoms with E-state index in [4.69, 9.17) is 4.52 Å². The highest BCUT2D eigenvalue weighted by Gasteiger charge is 2.21. The van der Waals surface area contributed by atoms with Gasteiger partial charge in [-0.3, -0.25) is 0 Å². The van der Waals surface area contributed by atoms with Crippen LogP contribution in [0.15, 0.2) is 22.7 Å². The molecule has 1 aromatic carbocycles. The molecule has 0 aliphatic heterocycles. The smallest absolute Gasteiger partial charge is 0.261 e. The molecule has 20 heavy (non-hydrogen) atoms. The van der Waals surface area contributed by atoms with E-state index in [9.17, 15) is 10.2 Å². The van der Waals surface area contributed by atoms with Crippen LogP contribution in [0.3, 0.4) is 0 Å². The SMILES string of the molecule is Oc1ccc(-c2nc(C3CCCCCC3)no2)c(O)c1.